The second-order valence-electron chi connectivity index (χ2n) is 4.67. The van der Waals surface area contributed by atoms with Crippen LogP contribution in [0.5, 0.6) is 0 Å². The molecule has 1 unspecified atom stereocenters. The lowest BCUT2D eigenvalue weighted by Crippen LogP contribution is -2.07. The van der Waals surface area contributed by atoms with E-state index in [1.54, 1.807) is 29.3 Å². The van der Waals surface area contributed by atoms with E-state index in [1.807, 2.05) is 25.3 Å². The predicted octanol–water partition coefficient (Wildman–Crippen LogP) is 4.73. The molecule has 0 radical (unpaired) electrons. The van der Waals surface area contributed by atoms with Gasteiger partial charge in [-0.2, -0.15) is 0 Å². The Labute approximate surface area is 130 Å². The van der Waals surface area contributed by atoms with Crippen molar-refractivity contribution in [1.29, 1.82) is 0 Å². The molecule has 3 nitrogen and oxygen atoms in total. The van der Waals surface area contributed by atoms with Gasteiger partial charge in [-0.1, -0.05) is 11.8 Å². The van der Waals surface area contributed by atoms with Crippen LogP contribution < -0.4 is 5.32 Å². The Hall–Kier alpha value is -1.66. The first-order chi connectivity index (χ1) is 10.2. The minimum absolute atomic E-state index is 0.0152. The summed E-state index contributed by atoms with van der Waals surface area (Å²) in [6.45, 7) is 1.99. The topological polar surface area (TPSA) is 37.8 Å². The Bertz CT molecular complexity index is 772. The summed E-state index contributed by atoms with van der Waals surface area (Å²) < 4.78 is 15.4. The third-order valence-corrected chi connectivity index (χ3v) is 5.16. The SMILES string of the molecule is CSc1nc2ccc(NC(C)c3cncc(F)c3)cc2s1. The number of benzene rings is 1. The van der Waals surface area contributed by atoms with Crippen LogP contribution in [0, 0.1) is 5.82 Å². The van der Waals surface area contributed by atoms with E-state index in [2.05, 4.69) is 21.4 Å². The van der Waals surface area contributed by atoms with Crippen molar-refractivity contribution >= 4 is 39.0 Å². The molecule has 1 aromatic carbocycles. The Balaban J connectivity index is 1.83. The standard InChI is InChI=1S/C15H14FN3S2/c1-9(10-5-11(16)8-17-7-10)18-12-3-4-13-14(6-12)21-15(19-13)20-2/h3-9,18H,1-2H3. The number of thioether (sulfide) groups is 1. The summed E-state index contributed by atoms with van der Waals surface area (Å²) in [7, 11) is 0. The van der Waals surface area contributed by atoms with E-state index in [0.29, 0.717) is 0 Å². The van der Waals surface area contributed by atoms with Gasteiger partial charge >= 0.3 is 0 Å². The van der Waals surface area contributed by atoms with Gasteiger partial charge in [0.25, 0.3) is 0 Å². The summed E-state index contributed by atoms with van der Waals surface area (Å²) in [4.78, 5) is 8.40. The summed E-state index contributed by atoms with van der Waals surface area (Å²) >= 11 is 3.33. The fourth-order valence-corrected chi connectivity index (χ4v) is 3.61. The minimum atomic E-state index is -0.316. The van der Waals surface area contributed by atoms with Crippen LogP contribution in [-0.4, -0.2) is 16.2 Å². The van der Waals surface area contributed by atoms with Crippen molar-refractivity contribution in [2.45, 2.75) is 17.3 Å². The minimum Gasteiger partial charge on any atom is -0.378 e. The molecule has 0 aliphatic heterocycles. The highest BCUT2D eigenvalue weighted by Gasteiger charge is 2.09. The monoisotopic (exact) mass is 319 g/mol. The van der Waals surface area contributed by atoms with Crippen LogP contribution in [-0.2, 0) is 0 Å². The van der Waals surface area contributed by atoms with Gasteiger partial charge in [0.15, 0.2) is 4.34 Å². The van der Waals surface area contributed by atoms with E-state index in [9.17, 15) is 4.39 Å². The molecule has 0 aliphatic carbocycles. The molecule has 108 valence electrons. The van der Waals surface area contributed by atoms with Crippen LogP contribution in [0.15, 0.2) is 41.0 Å². The second-order valence-corrected chi connectivity index (χ2v) is 6.75. The molecule has 3 rings (SSSR count). The summed E-state index contributed by atoms with van der Waals surface area (Å²) in [5, 5.41) is 3.37. The lowest BCUT2D eigenvalue weighted by molar-refractivity contribution is 0.616. The number of fused-ring (bicyclic) bond motifs is 1. The average Bonchev–Trinajstić information content (AvgIpc) is 2.89. The molecule has 2 aromatic heterocycles. The van der Waals surface area contributed by atoms with Crippen LogP contribution >= 0.6 is 23.1 Å². The van der Waals surface area contributed by atoms with Crippen molar-refractivity contribution in [1.82, 2.24) is 9.97 Å². The number of hydrogen-bond donors (Lipinski definition) is 1. The zero-order valence-electron chi connectivity index (χ0n) is 11.6. The van der Waals surface area contributed by atoms with E-state index in [4.69, 9.17) is 0 Å². The van der Waals surface area contributed by atoms with E-state index >= 15 is 0 Å². The summed E-state index contributed by atoms with van der Waals surface area (Å²) in [5.74, 6) is -0.316. The maximum atomic E-state index is 13.2. The fourth-order valence-electron chi connectivity index (χ4n) is 2.08. The van der Waals surface area contributed by atoms with Gasteiger partial charge in [-0.05, 0) is 43.0 Å². The smallest absolute Gasteiger partial charge is 0.150 e. The second kappa shape index (κ2) is 5.99. The maximum absolute atomic E-state index is 13.2. The van der Waals surface area contributed by atoms with Gasteiger partial charge in [-0.3, -0.25) is 4.98 Å². The molecule has 6 heteroatoms. The molecule has 0 bridgehead atoms. The Morgan fingerprint density at radius 3 is 2.90 bits per heavy atom. The van der Waals surface area contributed by atoms with E-state index in [0.717, 1.165) is 25.8 Å². The van der Waals surface area contributed by atoms with Gasteiger partial charge in [-0.15, -0.1) is 11.3 Å². The van der Waals surface area contributed by atoms with Gasteiger partial charge in [0, 0.05) is 11.9 Å². The van der Waals surface area contributed by atoms with Crippen molar-refractivity contribution in [2.24, 2.45) is 0 Å². The van der Waals surface area contributed by atoms with Crippen molar-refractivity contribution in [3.8, 4) is 0 Å². The predicted molar refractivity (Wildman–Crippen MR) is 87.6 cm³/mol. The number of halogens is 1. The molecule has 0 spiro atoms. The van der Waals surface area contributed by atoms with E-state index < -0.39 is 0 Å². The summed E-state index contributed by atoms with van der Waals surface area (Å²) in [5.41, 5.74) is 2.83. The van der Waals surface area contributed by atoms with Crippen LogP contribution in [0.3, 0.4) is 0 Å². The van der Waals surface area contributed by atoms with Crippen LogP contribution in [0.4, 0.5) is 10.1 Å². The van der Waals surface area contributed by atoms with Crippen LogP contribution in [0.25, 0.3) is 10.2 Å². The molecule has 2 heterocycles. The van der Waals surface area contributed by atoms with Gasteiger partial charge in [0.05, 0.1) is 22.5 Å². The Morgan fingerprint density at radius 2 is 2.14 bits per heavy atom. The summed E-state index contributed by atoms with van der Waals surface area (Å²) in [6, 6.07) is 7.57. The third kappa shape index (κ3) is 3.16. The van der Waals surface area contributed by atoms with Gasteiger partial charge in [0.2, 0.25) is 0 Å². The number of anilines is 1. The fraction of sp³-hybridized carbons (Fsp3) is 0.200. The third-order valence-electron chi connectivity index (χ3n) is 3.15. The van der Waals surface area contributed by atoms with Gasteiger partial charge in [-0.25, -0.2) is 9.37 Å². The molecular formula is C15H14FN3S2. The number of nitrogens with zero attached hydrogens (tertiary/aromatic N) is 2. The highest BCUT2D eigenvalue weighted by molar-refractivity contribution is 8.00. The molecule has 3 aromatic rings. The zero-order chi connectivity index (χ0) is 14.8. The first-order valence-electron chi connectivity index (χ1n) is 6.47. The molecular weight excluding hydrogens is 305 g/mol. The van der Waals surface area contributed by atoms with Gasteiger partial charge in [0.1, 0.15) is 5.82 Å². The van der Waals surface area contributed by atoms with Crippen molar-refractivity contribution in [3.63, 3.8) is 0 Å². The largest absolute Gasteiger partial charge is 0.378 e. The quantitative estimate of drug-likeness (QED) is 0.706. The Morgan fingerprint density at radius 1 is 1.29 bits per heavy atom. The normalized spacial score (nSPS) is 12.5. The molecule has 1 atom stereocenters. The molecule has 0 aliphatic rings. The molecule has 0 saturated carbocycles. The van der Waals surface area contributed by atoms with Gasteiger partial charge < -0.3 is 5.32 Å². The highest BCUT2D eigenvalue weighted by Crippen LogP contribution is 2.31. The zero-order valence-corrected chi connectivity index (χ0v) is 13.3. The van der Waals surface area contributed by atoms with E-state index in [1.165, 1.54) is 12.3 Å². The molecule has 1 N–H and O–H groups in total. The van der Waals surface area contributed by atoms with Crippen molar-refractivity contribution in [2.75, 3.05) is 11.6 Å². The number of pyridine rings is 1. The molecule has 0 fully saturated rings. The number of thiazole rings is 1. The molecule has 0 amide bonds. The first kappa shape index (κ1) is 14.3. The first-order valence-corrected chi connectivity index (χ1v) is 8.51. The Kier molecular flexibility index (Phi) is 4.07. The number of rotatable bonds is 4. The highest BCUT2D eigenvalue weighted by atomic mass is 32.2. The molecule has 21 heavy (non-hydrogen) atoms. The molecule has 0 saturated heterocycles. The van der Waals surface area contributed by atoms with Crippen molar-refractivity contribution < 1.29 is 4.39 Å². The summed E-state index contributed by atoms with van der Waals surface area (Å²) in [6.07, 6.45) is 4.91. The van der Waals surface area contributed by atoms with Crippen LogP contribution in [0.1, 0.15) is 18.5 Å². The number of nitrogens with one attached hydrogen (secondary N) is 1. The van der Waals surface area contributed by atoms with E-state index in [-0.39, 0.29) is 11.9 Å². The van der Waals surface area contributed by atoms with Crippen LogP contribution in [0.2, 0.25) is 0 Å². The lowest BCUT2D eigenvalue weighted by atomic mass is 10.1. The lowest BCUT2D eigenvalue weighted by Gasteiger charge is -2.15. The maximum Gasteiger partial charge on any atom is 0.150 e. The number of hydrogen-bond acceptors (Lipinski definition) is 5. The number of aromatic nitrogens is 2. The van der Waals surface area contributed by atoms with Crippen molar-refractivity contribution in [3.05, 3.63) is 48.0 Å². The average molecular weight is 319 g/mol.